The smallest absolute Gasteiger partial charge is 0.130 e. The topological polar surface area (TPSA) is 37.8 Å². The average molecular weight is 273 g/mol. The van der Waals surface area contributed by atoms with Crippen molar-refractivity contribution in [2.75, 3.05) is 5.32 Å². The van der Waals surface area contributed by atoms with E-state index in [-0.39, 0.29) is 0 Å². The van der Waals surface area contributed by atoms with E-state index in [0.29, 0.717) is 0 Å². The van der Waals surface area contributed by atoms with Crippen LogP contribution in [-0.4, -0.2) is 9.59 Å². The van der Waals surface area contributed by atoms with Crippen LogP contribution in [0.5, 0.6) is 0 Å². The van der Waals surface area contributed by atoms with Gasteiger partial charge in [-0.1, -0.05) is 34.8 Å². The largest absolute Gasteiger partial charge is 0.369 e. The molecule has 0 amide bonds. The first-order chi connectivity index (χ1) is 8.92. The van der Waals surface area contributed by atoms with Crippen LogP contribution in [0.2, 0.25) is 0 Å². The summed E-state index contributed by atoms with van der Waals surface area (Å²) in [6.45, 7) is 0.821. The van der Waals surface area contributed by atoms with Crippen LogP contribution in [0, 0.1) is 0 Å². The van der Waals surface area contributed by atoms with Gasteiger partial charge < -0.3 is 5.32 Å². The molecule has 0 aliphatic rings. The maximum Gasteiger partial charge on any atom is 0.130 e. The van der Waals surface area contributed by atoms with E-state index in [1.165, 1.54) is 27.5 Å². The lowest BCUT2D eigenvalue weighted by molar-refractivity contribution is 1.15. The van der Waals surface area contributed by atoms with Crippen molar-refractivity contribution in [1.29, 1.82) is 0 Å². The lowest BCUT2D eigenvalue weighted by Crippen LogP contribution is -1.94. The first kappa shape index (κ1) is 11.4. The van der Waals surface area contributed by atoms with Crippen LogP contribution in [0.25, 0.3) is 11.1 Å². The zero-order chi connectivity index (χ0) is 12.2. The fourth-order valence-corrected chi connectivity index (χ4v) is 2.92. The van der Waals surface area contributed by atoms with Gasteiger partial charge in [-0.25, -0.2) is 0 Å². The second-order valence-electron chi connectivity index (χ2n) is 3.80. The highest BCUT2D eigenvalue weighted by Gasteiger charge is 2.02. The number of hydrogen-bond donors (Lipinski definition) is 1. The molecule has 0 saturated carbocycles. The summed E-state index contributed by atoms with van der Waals surface area (Å²) in [7, 11) is 0. The molecule has 0 atom stereocenters. The molecule has 3 rings (SSSR count). The molecule has 0 spiro atoms. The Morgan fingerprint density at radius 2 is 2.00 bits per heavy atom. The predicted molar refractivity (Wildman–Crippen MR) is 77.0 cm³/mol. The van der Waals surface area contributed by atoms with Crippen LogP contribution in [0.1, 0.15) is 4.88 Å². The number of aromatic nitrogens is 2. The number of nitrogens with zero attached hydrogens (tertiary/aromatic N) is 2. The summed E-state index contributed by atoms with van der Waals surface area (Å²) in [6, 6.07) is 12.6. The Morgan fingerprint density at radius 3 is 2.78 bits per heavy atom. The van der Waals surface area contributed by atoms with Crippen molar-refractivity contribution >= 4 is 27.9 Å². The highest BCUT2D eigenvalue weighted by Crippen LogP contribution is 2.26. The number of benzene rings is 1. The van der Waals surface area contributed by atoms with E-state index in [1.807, 2.05) is 6.07 Å². The van der Waals surface area contributed by atoms with Crippen LogP contribution in [0.3, 0.4) is 0 Å². The lowest BCUT2D eigenvalue weighted by atomic mass is 10.1. The maximum atomic E-state index is 3.82. The van der Waals surface area contributed by atoms with Crippen LogP contribution in [0.4, 0.5) is 5.00 Å². The van der Waals surface area contributed by atoms with Gasteiger partial charge in [0.1, 0.15) is 5.00 Å². The third-order valence-corrected chi connectivity index (χ3v) is 4.12. The molecule has 18 heavy (non-hydrogen) atoms. The quantitative estimate of drug-likeness (QED) is 0.784. The molecule has 3 aromatic rings. The Bertz CT molecular complexity index is 602. The van der Waals surface area contributed by atoms with Crippen molar-refractivity contribution in [3.05, 3.63) is 52.9 Å². The molecule has 2 aromatic heterocycles. The van der Waals surface area contributed by atoms with Gasteiger partial charge in [-0.2, -0.15) is 0 Å². The van der Waals surface area contributed by atoms with E-state index >= 15 is 0 Å². The Hall–Kier alpha value is -1.72. The second-order valence-corrected chi connectivity index (χ2v) is 5.58. The summed E-state index contributed by atoms with van der Waals surface area (Å²) >= 11 is 3.15. The van der Waals surface area contributed by atoms with E-state index in [0.717, 1.165) is 11.5 Å². The predicted octanol–water partition coefficient (Wildman–Crippen LogP) is 3.88. The monoisotopic (exact) mass is 273 g/mol. The Balaban J connectivity index is 1.70. The van der Waals surface area contributed by atoms with E-state index < -0.39 is 0 Å². The summed E-state index contributed by atoms with van der Waals surface area (Å²) in [4.78, 5) is 1.31. The summed E-state index contributed by atoms with van der Waals surface area (Å²) in [5, 5.41) is 10.3. The van der Waals surface area contributed by atoms with E-state index in [2.05, 4.69) is 50.6 Å². The fraction of sp³-hybridized carbons (Fsp3) is 0.0769. The number of nitrogens with one attached hydrogen (secondary N) is 1. The number of anilines is 1. The van der Waals surface area contributed by atoms with Gasteiger partial charge in [-0.05, 0) is 22.6 Å². The standard InChI is InChI=1S/C13H11N3S2/c1-2-4-10(5-3-1)11-6-12(17-9-11)7-14-13-8-15-16-18-13/h1-6,8-9,14H,7H2. The van der Waals surface area contributed by atoms with Crippen LogP contribution < -0.4 is 5.32 Å². The summed E-state index contributed by atoms with van der Waals surface area (Å²) in [5.74, 6) is 0. The van der Waals surface area contributed by atoms with E-state index in [1.54, 1.807) is 17.5 Å². The molecule has 0 radical (unpaired) electrons. The minimum atomic E-state index is 0.821. The van der Waals surface area contributed by atoms with Crippen molar-refractivity contribution in [3.63, 3.8) is 0 Å². The molecule has 5 heteroatoms. The zero-order valence-corrected chi connectivity index (χ0v) is 11.2. The van der Waals surface area contributed by atoms with Gasteiger partial charge in [-0.3, -0.25) is 0 Å². The SMILES string of the molecule is c1ccc(-c2csc(CNc3cnns3)c2)cc1. The van der Waals surface area contributed by atoms with Crippen molar-refractivity contribution in [3.8, 4) is 11.1 Å². The highest BCUT2D eigenvalue weighted by atomic mass is 32.1. The highest BCUT2D eigenvalue weighted by molar-refractivity contribution is 7.10. The van der Waals surface area contributed by atoms with Gasteiger partial charge in [0.25, 0.3) is 0 Å². The van der Waals surface area contributed by atoms with Crippen molar-refractivity contribution < 1.29 is 0 Å². The summed E-state index contributed by atoms with van der Waals surface area (Å²) in [6.07, 6.45) is 1.75. The van der Waals surface area contributed by atoms with Gasteiger partial charge in [0.15, 0.2) is 0 Å². The lowest BCUT2D eigenvalue weighted by Gasteiger charge is -1.98. The molecule has 90 valence electrons. The third-order valence-electron chi connectivity index (χ3n) is 2.56. The summed E-state index contributed by atoms with van der Waals surface area (Å²) in [5.41, 5.74) is 2.54. The second kappa shape index (κ2) is 5.29. The molecule has 0 saturated heterocycles. The molecular formula is C13H11N3S2. The average Bonchev–Trinajstić information content (AvgIpc) is 3.09. The van der Waals surface area contributed by atoms with Crippen molar-refractivity contribution in [2.24, 2.45) is 0 Å². The molecule has 0 aliphatic heterocycles. The number of rotatable bonds is 4. The summed E-state index contributed by atoms with van der Waals surface area (Å²) < 4.78 is 3.82. The van der Waals surface area contributed by atoms with Gasteiger partial charge >= 0.3 is 0 Å². The molecule has 0 bridgehead atoms. The van der Waals surface area contributed by atoms with Crippen LogP contribution in [-0.2, 0) is 6.54 Å². The molecule has 1 aromatic carbocycles. The Kier molecular flexibility index (Phi) is 3.34. The molecule has 2 heterocycles. The normalized spacial score (nSPS) is 10.4. The Morgan fingerprint density at radius 1 is 1.11 bits per heavy atom. The molecule has 3 nitrogen and oxygen atoms in total. The molecule has 0 fully saturated rings. The molecule has 0 aliphatic carbocycles. The van der Waals surface area contributed by atoms with Crippen LogP contribution in [0.15, 0.2) is 48.0 Å². The van der Waals surface area contributed by atoms with Gasteiger partial charge in [-0.15, -0.1) is 16.4 Å². The van der Waals surface area contributed by atoms with Crippen molar-refractivity contribution in [2.45, 2.75) is 6.54 Å². The maximum absolute atomic E-state index is 3.82. The molecular weight excluding hydrogens is 262 g/mol. The van der Waals surface area contributed by atoms with Crippen LogP contribution >= 0.6 is 22.9 Å². The van der Waals surface area contributed by atoms with E-state index in [9.17, 15) is 0 Å². The third kappa shape index (κ3) is 2.57. The number of thiophene rings is 1. The minimum absolute atomic E-state index is 0.821. The first-order valence-corrected chi connectivity index (χ1v) is 7.21. The van der Waals surface area contributed by atoms with Gasteiger partial charge in [0.05, 0.1) is 12.7 Å². The van der Waals surface area contributed by atoms with Gasteiger partial charge in [0.2, 0.25) is 0 Å². The minimum Gasteiger partial charge on any atom is -0.369 e. The van der Waals surface area contributed by atoms with Crippen molar-refractivity contribution in [1.82, 2.24) is 9.59 Å². The fourth-order valence-electron chi connectivity index (χ4n) is 1.67. The van der Waals surface area contributed by atoms with Gasteiger partial charge in [0, 0.05) is 16.4 Å². The molecule has 0 unspecified atom stereocenters. The first-order valence-electron chi connectivity index (χ1n) is 5.56. The zero-order valence-electron chi connectivity index (χ0n) is 9.54. The molecule has 1 N–H and O–H groups in total. The van der Waals surface area contributed by atoms with E-state index in [4.69, 9.17) is 0 Å². The Labute approximate surface area is 113 Å². The number of hydrogen-bond acceptors (Lipinski definition) is 5.